The van der Waals surface area contributed by atoms with Crippen LogP contribution < -0.4 is 5.32 Å². The third-order valence-corrected chi connectivity index (χ3v) is 3.30. The van der Waals surface area contributed by atoms with Gasteiger partial charge in [0.25, 0.3) is 0 Å². The third-order valence-electron chi connectivity index (χ3n) is 3.30. The molecule has 0 saturated heterocycles. The second-order valence-corrected chi connectivity index (χ2v) is 4.79. The highest BCUT2D eigenvalue weighted by molar-refractivity contribution is 5.99. The second-order valence-electron chi connectivity index (χ2n) is 4.79. The van der Waals surface area contributed by atoms with Gasteiger partial charge in [0.2, 0.25) is 5.91 Å². The van der Waals surface area contributed by atoms with Gasteiger partial charge in [0.05, 0.1) is 6.42 Å². The number of hydrogen-bond donors (Lipinski definition) is 1. The molecule has 0 saturated carbocycles. The van der Waals surface area contributed by atoms with Crippen LogP contribution in [0.4, 0.5) is 5.69 Å². The number of nitrogens with zero attached hydrogens (tertiary/aromatic N) is 1. The van der Waals surface area contributed by atoms with Crippen molar-refractivity contribution in [2.75, 3.05) is 18.6 Å². The van der Waals surface area contributed by atoms with Gasteiger partial charge in [-0.05, 0) is 30.5 Å². The number of allylic oxidation sites excluding steroid dienone is 1. The fraction of sp³-hybridized carbons (Fsp3) is 0.357. The largest absolute Gasteiger partial charge is 0.476 e. The number of ether oxygens (including phenoxy) is 1. The molecule has 3 rings (SSSR count). The van der Waals surface area contributed by atoms with Crippen molar-refractivity contribution < 1.29 is 9.53 Å². The molecule has 4 nitrogen and oxygen atoms in total. The Kier molecular flexibility index (Phi) is 2.70. The lowest BCUT2D eigenvalue weighted by molar-refractivity contribution is -0.115. The molecule has 0 atom stereocenters. The summed E-state index contributed by atoms with van der Waals surface area (Å²) in [5.74, 6) is 1.06. The van der Waals surface area contributed by atoms with Crippen LogP contribution in [0.5, 0.6) is 0 Å². The van der Waals surface area contributed by atoms with E-state index in [4.69, 9.17) is 4.74 Å². The van der Waals surface area contributed by atoms with E-state index < -0.39 is 0 Å². The number of rotatable bonds is 3. The van der Waals surface area contributed by atoms with Crippen molar-refractivity contribution in [3.8, 4) is 0 Å². The molecular formula is C14H16N2O2. The van der Waals surface area contributed by atoms with E-state index in [0.29, 0.717) is 13.2 Å². The lowest BCUT2D eigenvalue weighted by Crippen LogP contribution is -2.18. The number of benzene rings is 1. The molecule has 2 aliphatic rings. The molecule has 0 spiro atoms. The van der Waals surface area contributed by atoms with Gasteiger partial charge in [-0.2, -0.15) is 0 Å². The van der Waals surface area contributed by atoms with Crippen LogP contribution in [-0.2, 0) is 22.4 Å². The molecule has 4 heteroatoms. The van der Waals surface area contributed by atoms with E-state index in [1.165, 1.54) is 5.56 Å². The van der Waals surface area contributed by atoms with Crippen LogP contribution >= 0.6 is 0 Å². The Morgan fingerprint density at radius 2 is 2.33 bits per heavy atom. The average Bonchev–Trinajstić information content (AvgIpc) is 2.90. The van der Waals surface area contributed by atoms with E-state index in [9.17, 15) is 4.79 Å². The quantitative estimate of drug-likeness (QED) is 0.882. The summed E-state index contributed by atoms with van der Waals surface area (Å²) in [5, 5.41) is 2.85. The highest BCUT2D eigenvalue weighted by atomic mass is 16.5. The summed E-state index contributed by atoms with van der Waals surface area (Å²) in [4.78, 5) is 13.4. The minimum absolute atomic E-state index is 0.0913. The van der Waals surface area contributed by atoms with Crippen molar-refractivity contribution in [2.24, 2.45) is 0 Å². The fourth-order valence-corrected chi connectivity index (χ4v) is 2.36. The zero-order chi connectivity index (χ0) is 12.5. The van der Waals surface area contributed by atoms with E-state index >= 15 is 0 Å². The lowest BCUT2D eigenvalue weighted by atomic mass is 10.1. The molecule has 2 heterocycles. The molecule has 1 amide bonds. The van der Waals surface area contributed by atoms with Gasteiger partial charge in [-0.3, -0.25) is 4.79 Å². The first-order chi connectivity index (χ1) is 8.70. The summed E-state index contributed by atoms with van der Waals surface area (Å²) < 4.78 is 5.37. The van der Waals surface area contributed by atoms with Gasteiger partial charge in [-0.1, -0.05) is 12.1 Å². The first kappa shape index (κ1) is 11.1. The number of hydrogen-bond acceptors (Lipinski definition) is 3. The van der Waals surface area contributed by atoms with Crippen LogP contribution in [0.2, 0.25) is 0 Å². The van der Waals surface area contributed by atoms with E-state index in [1.54, 1.807) is 0 Å². The van der Waals surface area contributed by atoms with Gasteiger partial charge in [-0.25, -0.2) is 0 Å². The maximum absolute atomic E-state index is 11.3. The summed E-state index contributed by atoms with van der Waals surface area (Å²) in [6.45, 7) is 3.56. The summed E-state index contributed by atoms with van der Waals surface area (Å²) in [6.07, 6.45) is 3.52. The first-order valence-corrected chi connectivity index (χ1v) is 6.17. The van der Waals surface area contributed by atoms with Gasteiger partial charge in [0.15, 0.2) is 6.73 Å². The molecule has 1 aromatic carbocycles. The maximum atomic E-state index is 11.3. The maximum Gasteiger partial charge on any atom is 0.228 e. The normalized spacial score (nSPS) is 17.3. The van der Waals surface area contributed by atoms with Crippen molar-refractivity contribution in [3.63, 3.8) is 0 Å². The molecular weight excluding hydrogens is 228 g/mol. The van der Waals surface area contributed by atoms with Crippen molar-refractivity contribution >= 4 is 11.6 Å². The number of anilines is 1. The number of amides is 1. The van der Waals surface area contributed by atoms with Crippen LogP contribution in [0.15, 0.2) is 30.2 Å². The predicted octanol–water partition coefficient (Wildman–Crippen LogP) is 1.87. The van der Waals surface area contributed by atoms with E-state index in [0.717, 1.165) is 30.0 Å². The van der Waals surface area contributed by atoms with Gasteiger partial charge in [0.1, 0.15) is 5.76 Å². The predicted molar refractivity (Wildman–Crippen MR) is 68.9 cm³/mol. The van der Waals surface area contributed by atoms with Gasteiger partial charge >= 0.3 is 0 Å². The van der Waals surface area contributed by atoms with Crippen LogP contribution in [0.3, 0.4) is 0 Å². The topological polar surface area (TPSA) is 41.6 Å². The van der Waals surface area contributed by atoms with Crippen LogP contribution in [0, 0.1) is 0 Å². The fourth-order valence-electron chi connectivity index (χ4n) is 2.36. The first-order valence-electron chi connectivity index (χ1n) is 6.17. The standard InChI is InChI=1S/C14H16N2O2/c1-10-8-16(9-18-10)5-4-11-2-3-13-12(6-11)7-14(17)15-13/h2-3,6,8H,4-5,7,9H2,1H3,(H,15,17). The molecule has 0 aromatic heterocycles. The monoisotopic (exact) mass is 244 g/mol. The summed E-state index contributed by atoms with van der Waals surface area (Å²) in [5.41, 5.74) is 3.34. The Morgan fingerprint density at radius 3 is 3.11 bits per heavy atom. The molecule has 94 valence electrons. The molecule has 18 heavy (non-hydrogen) atoms. The van der Waals surface area contributed by atoms with E-state index in [-0.39, 0.29) is 5.91 Å². The Balaban J connectivity index is 1.64. The molecule has 1 aromatic rings. The zero-order valence-corrected chi connectivity index (χ0v) is 10.4. The van der Waals surface area contributed by atoms with Crippen molar-refractivity contribution in [3.05, 3.63) is 41.3 Å². The minimum atomic E-state index is 0.0913. The SMILES string of the molecule is CC1=CN(CCc2ccc3c(c2)CC(=O)N3)CO1. The third kappa shape index (κ3) is 2.18. The van der Waals surface area contributed by atoms with Crippen LogP contribution in [0.1, 0.15) is 18.1 Å². The smallest absolute Gasteiger partial charge is 0.228 e. The lowest BCUT2D eigenvalue weighted by Gasteiger charge is -2.13. The molecule has 0 fully saturated rings. The number of fused-ring (bicyclic) bond motifs is 1. The number of carbonyl (C=O) groups excluding carboxylic acids is 1. The molecule has 0 aliphatic carbocycles. The van der Waals surface area contributed by atoms with Gasteiger partial charge < -0.3 is 15.0 Å². The van der Waals surface area contributed by atoms with Crippen LogP contribution in [0.25, 0.3) is 0 Å². The molecule has 2 aliphatic heterocycles. The van der Waals surface area contributed by atoms with Crippen molar-refractivity contribution in [2.45, 2.75) is 19.8 Å². The second kappa shape index (κ2) is 4.37. The summed E-state index contributed by atoms with van der Waals surface area (Å²) >= 11 is 0. The van der Waals surface area contributed by atoms with Gasteiger partial charge in [0, 0.05) is 18.4 Å². The Labute approximate surface area is 106 Å². The van der Waals surface area contributed by atoms with Gasteiger partial charge in [-0.15, -0.1) is 0 Å². The summed E-state index contributed by atoms with van der Waals surface area (Å²) in [7, 11) is 0. The summed E-state index contributed by atoms with van der Waals surface area (Å²) in [6, 6.07) is 6.20. The average molecular weight is 244 g/mol. The molecule has 0 radical (unpaired) electrons. The van der Waals surface area contributed by atoms with E-state index in [2.05, 4.69) is 22.3 Å². The highest BCUT2D eigenvalue weighted by Crippen LogP contribution is 2.24. The molecule has 0 bridgehead atoms. The Bertz CT molecular complexity index is 523. The van der Waals surface area contributed by atoms with Crippen LogP contribution in [-0.4, -0.2) is 24.1 Å². The minimum Gasteiger partial charge on any atom is -0.476 e. The van der Waals surface area contributed by atoms with Crippen molar-refractivity contribution in [1.29, 1.82) is 0 Å². The van der Waals surface area contributed by atoms with E-state index in [1.807, 2.05) is 19.2 Å². The zero-order valence-electron chi connectivity index (χ0n) is 10.4. The molecule has 1 N–H and O–H groups in total. The number of nitrogens with one attached hydrogen (secondary N) is 1. The molecule has 0 unspecified atom stereocenters. The Hall–Kier alpha value is -1.97. The van der Waals surface area contributed by atoms with Crippen molar-refractivity contribution in [1.82, 2.24) is 4.90 Å². The highest BCUT2D eigenvalue weighted by Gasteiger charge is 2.17. The number of carbonyl (C=O) groups is 1. The Morgan fingerprint density at radius 1 is 1.44 bits per heavy atom.